The zero-order valence-electron chi connectivity index (χ0n) is 7.43. The van der Waals surface area contributed by atoms with Gasteiger partial charge in [-0.2, -0.15) is 13.2 Å². The summed E-state index contributed by atoms with van der Waals surface area (Å²) >= 11 is 2.73. The molecular formula is C8H5BrF3NO2. The van der Waals surface area contributed by atoms with Crippen molar-refractivity contribution < 1.29 is 18.1 Å². The van der Waals surface area contributed by atoms with Gasteiger partial charge in [0.1, 0.15) is 5.56 Å². The predicted octanol–water partition coefficient (Wildman–Crippen LogP) is 3.68. The Morgan fingerprint density at radius 1 is 1.40 bits per heavy atom. The number of alkyl halides is 3. The van der Waals surface area contributed by atoms with Gasteiger partial charge < -0.3 is 0 Å². The maximum Gasteiger partial charge on any atom is 0.423 e. The smallest absolute Gasteiger partial charge is 0.258 e. The lowest BCUT2D eigenvalue weighted by Crippen LogP contribution is -2.11. The van der Waals surface area contributed by atoms with Crippen LogP contribution in [0.5, 0.6) is 0 Å². The Bertz CT molecular complexity index is 417. The number of nitrogens with zero attached hydrogens (tertiary/aromatic N) is 1. The molecule has 0 saturated carbocycles. The van der Waals surface area contributed by atoms with Crippen LogP contribution in [-0.4, -0.2) is 4.92 Å². The number of hydrogen-bond donors (Lipinski definition) is 0. The first kappa shape index (κ1) is 12.0. The standard InChI is InChI=1S/C8H5BrF3NO2/c1-4-2-3-5(9)7(13(14)15)6(4)8(10,11)12/h2-3H,1H3. The normalized spacial score (nSPS) is 11.5. The number of nitro groups is 1. The highest BCUT2D eigenvalue weighted by molar-refractivity contribution is 9.10. The number of aryl methyl sites for hydroxylation is 1. The first-order valence-corrected chi connectivity index (χ1v) is 4.55. The molecule has 7 heteroatoms. The van der Waals surface area contributed by atoms with Crippen LogP contribution in [-0.2, 0) is 6.18 Å². The summed E-state index contributed by atoms with van der Waals surface area (Å²) in [4.78, 5) is 9.48. The van der Waals surface area contributed by atoms with Crippen molar-refractivity contribution >= 4 is 21.6 Å². The van der Waals surface area contributed by atoms with E-state index in [1.807, 2.05) is 0 Å². The van der Waals surface area contributed by atoms with Crippen molar-refractivity contribution in [2.45, 2.75) is 13.1 Å². The van der Waals surface area contributed by atoms with Gasteiger partial charge in [0, 0.05) is 0 Å². The van der Waals surface area contributed by atoms with Crippen molar-refractivity contribution in [2.75, 3.05) is 0 Å². The van der Waals surface area contributed by atoms with E-state index in [1.165, 1.54) is 19.1 Å². The summed E-state index contributed by atoms with van der Waals surface area (Å²) in [6.45, 7) is 1.18. The summed E-state index contributed by atoms with van der Waals surface area (Å²) in [5, 5.41) is 10.5. The molecule has 0 aromatic heterocycles. The lowest BCUT2D eigenvalue weighted by atomic mass is 10.1. The Balaban J connectivity index is 3.60. The van der Waals surface area contributed by atoms with Crippen LogP contribution in [0, 0.1) is 17.0 Å². The van der Waals surface area contributed by atoms with E-state index >= 15 is 0 Å². The predicted molar refractivity (Wildman–Crippen MR) is 50.5 cm³/mol. The fourth-order valence-electron chi connectivity index (χ4n) is 1.20. The van der Waals surface area contributed by atoms with Gasteiger partial charge in [0.05, 0.1) is 9.40 Å². The second-order valence-corrected chi connectivity index (χ2v) is 3.70. The Hall–Kier alpha value is -1.11. The largest absolute Gasteiger partial charge is 0.423 e. The van der Waals surface area contributed by atoms with Gasteiger partial charge in [-0.25, -0.2) is 0 Å². The van der Waals surface area contributed by atoms with Gasteiger partial charge in [0.15, 0.2) is 0 Å². The second kappa shape index (κ2) is 3.80. The molecule has 0 aliphatic rings. The Labute approximate surface area is 91.2 Å². The summed E-state index contributed by atoms with van der Waals surface area (Å²) < 4.78 is 37.4. The average Bonchev–Trinajstić information content (AvgIpc) is 2.05. The monoisotopic (exact) mass is 283 g/mol. The molecule has 15 heavy (non-hydrogen) atoms. The number of benzene rings is 1. The van der Waals surface area contributed by atoms with Gasteiger partial charge in [0.2, 0.25) is 0 Å². The van der Waals surface area contributed by atoms with Crippen molar-refractivity contribution in [2.24, 2.45) is 0 Å². The molecule has 0 spiro atoms. The van der Waals surface area contributed by atoms with E-state index in [-0.39, 0.29) is 10.0 Å². The van der Waals surface area contributed by atoms with Crippen LogP contribution >= 0.6 is 15.9 Å². The van der Waals surface area contributed by atoms with Crippen LogP contribution in [0.1, 0.15) is 11.1 Å². The lowest BCUT2D eigenvalue weighted by Gasteiger charge is -2.11. The van der Waals surface area contributed by atoms with Crippen molar-refractivity contribution in [1.29, 1.82) is 0 Å². The maximum atomic E-state index is 12.5. The van der Waals surface area contributed by atoms with Gasteiger partial charge in [-0.3, -0.25) is 10.1 Å². The minimum Gasteiger partial charge on any atom is -0.258 e. The quantitative estimate of drug-likeness (QED) is 0.583. The van der Waals surface area contributed by atoms with Gasteiger partial charge in [-0.1, -0.05) is 6.07 Å². The summed E-state index contributed by atoms with van der Waals surface area (Å²) in [5.41, 5.74) is -2.32. The minimum absolute atomic E-state index is 0.169. The molecule has 0 aliphatic heterocycles. The van der Waals surface area contributed by atoms with Crippen LogP contribution in [0.15, 0.2) is 16.6 Å². The van der Waals surface area contributed by atoms with E-state index in [4.69, 9.17) is 0 Å². The summed E-state index contributed by atoms with van der Waals surface area (Å²) in [5.74, 6) is 0. The van der Waals surface area contributed by atoms with E-state index in [9.17, 15) is 23.3 Å². The molecule has 0 fully saturated rings. The lowest BCUT2D eigenvalue weighted by molar-refractivity contribution is -0.388. The molecule has 0 N–H and O–H groups in total. The molecule has 0 heterocycles. The third-order valence-corrected chi connectivity index (χ3v) is 2.44. The Kier molecular flexibility index (Phi) is 3.03. The Morgan fingerprint density at radius 2 is 1.93 bits per heavy atom. The third-order valence-electron chi connectivity index (χ3n) is 1.80. The van der Waals surface area contributed by atoms with Crippen molar-refractivity contribution in [3.63, 3.8) is 0 Å². The number of nitro benzene ring substituents is 1. The summed E-state index contributed by atoms with van der Waals surface area (Å²) in [6.07, 6.45) is -4.73. The first-order valence-electron chi connectivity index (χ1n) is 3.76. The Morgan fingerprint density at radius 3 is 2.27 bits per heavy atom. The number of halogens is 4. The average molecular weight is 284 g/mol. The maximum absolute atomic E-state index is 12.5. The molecule has 0 unspecified atom stereocenters. The molecule has 0 aliphatic carbocycles. The molecule has 82 valence electrons. The SMILES string of the molecule is Cc1ccc(Br)c([N+](=O)[O-])c1C(F)(F)F. The highest BCUT2D eigenvalue weighted by Crippen LogP contribution is 2.41. The highest BCUT2D eigenvalue weighted by atomic mass is 79.9. The molecule has 0 amide bonds. The summed E-state index contributed by atoms with van der Waals surface area (Å²) in [7, 11) is 0. The van der Waals surface area contributed by atoms with E-state index < -0.39 is 22.4 Å². The highest BCUT2D eigenvalue weighted by Gasteiger charge is 2.41. The minimum atomic E-state index is -4.73. The molecule has 0 radical (unpaired) electrons. The van der Waals surface area contributed by atoms with Crippen LogP contribution in [0.25, 0.3) is 0 Å². The summed E-state index contributed by atoms with van der Waals surface area (Å²) in [6, 6.07) is 2.41. The van der Waals surface area contributed by atoms with Crippen molar-refractivity contribution in [3.8, 4) is 0 Å². The molecule has 1 aromatic carbocycles. The van der Waals surface area contributed by atoms with Gasteiger partial charge in [-0.05, 0) is 34.5 Å². The molecule has 1 aromatic rings. The third kappa shape index (κ3) is 2.28. The fourth-order valence-corrected chi connectivity index (χ4v) is 1.68. The van der Waals surface area contributed by atoms with E-state index in [1.54, 1.807) is 0 Å². The molecule has 0 saturated heterocycles. The molecule has 1 rings (SSSR count). The van der Waals surface area contributed by atoms with Gasteiger partial charge >= 0.3 is 6.18 Å². The van der Waals surface area contributed by atoms with Crippen molar-refractivity contribution in [1.82, 2.24) is 0 Å². The van der Waals surface area contributed by atoms with Crippen LogP contribution in [0.3, 0.4) is 0 Å². The molecule has 0 bridgehead atoms. The zero-order valence-corrected chi connectivity index (χ0v) is 9.02. The topological polar surface area (TPSA) is 43.1 Å². The molecule has 3 nitrogen and oxygen atoms in total. The number of hydrogen-bond acceptors (Lipinski definition) is 2. The van der Waals surface area contributed by atoms with Crippen LogP contribution in [0.4, 0.5) is 18.9 Å². The first-order chi connectivity index (χ1) is 6.75. The number of rotatable bonds is 1. The van der Waals surface area contributed by atoms with Crippen molar-refractivity contribution in [3.05, 3.63) is 37.8 Å². The van der Waals surface area contributed by atoms with Gasteiger partial charge in [0.25, 0.3) is 5.69 Å². The van der Waals surface area contributed by atoms with Crippen LogP contribution in [0.2, 0.25) is 0 Å². The molecular weight excluding hydrogens is 279 g/mol. The van der Waals surface area contributed by atoms with E-state index in [0.717, 1.165) is 0 Å². The van der Waals surface area contributed by atoms with Crippen LogP contribution < -0.4 is 0 Å². The fraction of sp³-hybridized carbons (Fsp3) is 0.250. The van der Waals surface area contributed by atoms with E-state index in [0.29, 0.717) is 0 Å². The van der Waals surface area contributed by atoms with E-state index in [2.05, 4.69) is 15.9 Å². The zero-order chi connectivity index (χ0) is 11.8. The van der Waals surface area contributed by atoms with Gasteiger partial charge in [-0.15, -0.1) is 0 Å². The second-order valence-electron chi connectivity index (χ2n) is 2.84. The molecule has 0 atom stereocenters.